The van der Waals surface area contributed by atoms with E-state index < -0.39 is 11.1 Å². The van der Waals surface area contributed by atoms with Crippen LogP contribution in [0.25, 0.3) is 6.08 Å². The molecule has 1 atom stereocenters. The van der Waals surface area contributed by atoms with E-state index in [0.717, 1.165) is 23.1 Å². The second-order valence-electron chi connectivity index (χ2n) is 6.57. The molecule has 150 valence electrons. The molecule has 0 bridgehead atoms. The number of carbonyl (C=O) groups is 3. The van der Waals surface area contributed by atoms with Crippen molar-refractivity contribution in [2.45, 2.75) is 26.4 Å². The maximum atomic E-state index is 12.7. The number of halogens is 1. The maximum absolute atomic E-state index is 12.7. The van der Waals surface area contributed by atoms with Crippen LogP contribution in [0, 0.1) is 0 Å². The standard InChI is InChI=1S/C22H20ClNO4S/c1-3-14(2)28-19-7-5-4-6-16(19)12-20-21(26)24(22(27)29-20)13-18(25)15-8-10-17(23)11-9-15/h4-12,14H,3,13H2,1-2H3/b20-12+/t14-/m0/s1. The summed E-state index contributed by atoms with van der Waals surface area (Å²) in [5.41, 5.74) is 1.10. The molecule has 1 aliphatic rings. The van der Waals surface area contributed by atoms with Crippen LogP contribution < -0.4 is 4.74 Å². The second-order valence-corrected chi connectivity index (χ2v) is 8.00. The molecular weight excluding hydrogens is 410 g/mol. The molecule has 1 saturated heterocycles. The van der Waals surface area contributed by atoms with Gasteiger partial charge in [0.25, 0.3) is 11.1 Å². The van der Waals surface area contributed by atoms with Crippen molar-refractivity contribution in [2.24, 2.45) is 0 Å². The van der Waals surface area contributed by atoms with Crippen molar-refractivity contribution in [1.29, 1.82) is 0 Å². The van der Waals surface area contributed by atoms with Gasteiger partial charge < -0.3 is 4.74 Å². The number of thioether (sulfide) groups is 1. The zero-order valence-electron chi connectivity index (χ0n) is 16.1. The van der Waals surface area contributed by atoms with Crippen molar-refractivity contribution in [3.8, 4) is 5.75 Å². The molecule has 0 N–H and O–H groups in total. The Hall–Kier alpha value is -2.57. The van der Waals surface area contributed by atoms with Gasteiger partial charge in [0.05, 0.1) is 17.6 Å². The van der Waals surface area contributed by atoms with Gasteiger partial charge >= 0.3 is 0 Å². The molecule has 0 radical (unpaired) electrons. The summed E-state index contributed by atoms with van der Waals surface area (Å²) < 4.78 is 5.90. The third-order valence-electron chi connectivity index (χ3n) is 4.45. The molecular formula is C22H20ClNO4S. The molecule has 29 heavy (non-hydrogen) atoms. The van der Waals surface area contributed by atoms with Crippen molar-refractivity contribution < 1.29 is 19.1 Å². The number of amides is 2. The lowest BCUT2D eigenvalue weighted by Gasteiger charge is -2.15. The Kier molecular flexibility index (Phi) is 6.77. The Morgan fingerprint density at radius 2 is 1.86 bits per heavy atom. The van der Waals surface area contributed by atoms with E-state index in [4.69, 9.17) is 16.3 Å². The van der Waals surface area contributed by atoms with E-state index in [1.807, 2.05) is 38.1 Å². The molecule has 0 aromatic heterocycles. The van der Waals surface area contributed by atoms with Crippen LogP contribution in [0.4, 0.5) is 4.79 Å². The quantitative estimate of drug-likeness (QED) is 0.433. The van der Waals surface area contributed by atoms with Gasteiger partial charge in [-0.25, -0.2) is 0 Å². The Labute approximate surface area is 178 Å². The van der Waals surface area contributed by atoms with Crippen molar-refractivity contribution >= 4 is 46.4 Å². The third-order valence-corrected chi connectivity index (χ3v) is 5.61. The van der Waals surface area contributed by atoms with Crippen LogP contribution in [-0.4, -0.2) is 34.5 Å². The Morgan fingerprint density at radius 1 is 1.17 bits per heavy atom. The number of para-hydroxylation sites is 1. The lowest BCUT2D eigenvalue weighted by atomic mass is 10.1. The van der Waals surface area contributed by atoms with Crippen LogP contribution in [0.1, 0.15) is 36.2 Å². The Morgan fingerprint density at radius 3 is 2.55 bits per heavy atom. The second kappa shape index (κ2) is 9.29. The van der Waals surface area contributed by atoms with Crippen molar-refractivity contribution in [3.63, 3.8) is 0 Å². The van der Waals surface area contributed by atoms with Crippen LogP contribution in [0.3, 0.4) is 0 Å². The topological polar surface area (TPSA) is 63.7 Å². The van der Waals surface area contributed by atoms with Crippen LogP contribution in [0.5, 0.6) is 5.75 Å². The van der Waals surface area contributed by atoms with Gasteiger partial charge in [0.15, 0.2) is 5.78 Å². The number of rotatable bonds is 7. The lowest BCUT2D eigenvalue weighted by Crippen LogP contribution is -2.33. The Bertz CT molecular complexity index is 971. The predicted octanol–water partition coefficient (Wildman–Crippen LogP) is 5.44. The molecule has 1 heterocycles. The van der Waals surface area contributed by atoms with E-state index in [2.05, 4.69) is 0 Å². The maximum Gasteiger partial charge on any atom is 0.293 e. The van der Waals surface area contributed by atoms with Crippen molar-refractivity contribution in [3.05, 3.63) is 69.6 Å². The molecule has 0 aliphatic carbocycles. The number of carbonyl (C=O) groups excluding carboxylic acids is 3. The largest absolute Gasteiger partial charge is 0.490 e. The zero-order chi connectivity index (χ0) is 21.0. The van der Waals surface area contributed by atoms with Gasteiger partial charge in [-0.3, -0.25) is 19.3 Å². The van der Waals surface area contributed by atoms with E-state index in [1.54, 1.807) is 30.3 Å². The molecule has 5 nitrogen and oxygen atoms in total. The number of ether oxygens (including phenoxy) is 1. The van der Waals surface area contributed by atoms with E-state index in [1.165, 1.54) is 0 Å². The number of Topliss-reactive ketones (excluding diaryl/α,β-unsaturated/α-hetero) is 1. The fraction of sp³-hybridized carbons (Fsp3) is 0.227. The molecule has 0 spiro atoms. The predicted molar refractivity (Wildman–Crippen MR) is 115 cm³/mol. The smallest absolute Gasteiger partial charge is 0.293 e. The summed E-state index contributed by atoms with van der Waals surface area (Å²) in [6.45, 7) is 3.68. The summed E-state index contributed by atoms with van der Waals surface area (Å²) in [6.07, 6.45) is 2.50. The molecule has 3 rings (SSSR count). The molecule has 2 aromatic rings. The number of imide groups is 1. The third kappa shape index (κ3) is 5.08. The molecule has 0 unspecified atom stereocenters. The Balaban J connectivity index is 1.78. The van der Waals surface area contributed by atoms with Crippen LogP contribution in [0.2, 0.25) is 5.02 Å². The molecule has 0 saturated carbocycles. The molecule has 7 heteroatoms. The fourth-order valence-electron chi connectivity index (χ4n) is 2.66. The summed E-state index contributed by atoms with van der Waals surface area (Å²) in [5, 5.41) is 0.0396. The van der Waals surface area contributed by atoms with Gasteiger partial charge in [-0.15, -0.1) is 0 Å². The SMILES string of the molecule is CC[C@H](C)Oc1ccccc1/C=C1/SC(=O)N(CC(=O)c2ccc(Cl)cc2)C1=O. The van der Waals surface area contributed by atoms with E-state index in [-0.39, 0.29) is 23.3 Å². The highest BCUT2D eigenvalue weighted by atomic mass is 35.5. The van der Waals surface area contributed by atoms with Gasteiger partial charge in [-0.1, -0.05) is 36.7 Å². The lowest BCUT2D eigenvalue weighted by molar-refractivity contribution is -0.122. The first-order valence-electron chi connectivity index (χ1n) is 9.19. The first-order chi connectivity index (χ1) is 13.9. The molecule has 2 aromatic carbocycles. The summed E-state index contributed by atoms with van der Waals surface area (Å²) in [4.78, 5) is 38.7. The van der Waals surface area contributed by atoms with Gasteiger partial charge in [0, 0.05) is 16.1 Å². The number of hydrogen-bond acceptors (Lipinski definition) is 5. The van der Waals surface area contributed by atoms with E-state index >= 15 is 0 Å². The average Bonchev–Trinajstić information content (AvgIpc) is 2.97. The number of nitrogens with zero attached hydrogens (tertiary/aromatic N) is 1. The minimum atomic E-state index is -0.486. The fourth-order valence-corrected chi connectivity index (χ4v) is 3.61. The van der Waals surface area contributed by atoms with Crippen LogP contribution in [0.15, 0.2) is 53.4 Å². The zero-order valence-corrected chi connectivity index (χ0v) is 17.6. The monoisotopic (exact) mass is 429 g/mol. The van der Waals surface area contributed by atoms with Crippen LogP contribution in [-0.2, 0) is 4.79 Å². The van der Waals surface area contributed by atoms with E-state index in [0.29, 0.717) is 21.9 Å². The minimum absolute atomic E-state index is 0.0246. The normalized spacial score (nSPS) is 16.4. The summed E-state index contributed by atoms with van der Waals surface area (Å²) >= 11 is 6.65. The number of benzene rings is 2. The van der Waals surface area contributed by atoms with Gasteiger partial charge in [0.1, 0.15) is 5.75 Å². The summed E-state index contributed by atoms with van der Waals surface area (Å²) in [6, 6.07) is 13.7. The molecule has 2 amide bonds. The first kappa shape index (κ1) is 21.1. The first-order valence-corrected chi connectivity index (χ1v) is 10.4. The molecule has 1 aliphatic heterocycles. The number of ketones is 1. The highest BCUT2D eigenvalue weighted by Crippen LogP contribution is 2.34. The van der Waals surface area contributed by atoms with E-state index in [9.17, 15) is 14.4 Å². The number of hydrogen-bond donors (Lipinski definition) is 0. The summed E-state index contributed by atoms with van der Waals surface area (Å²) in [7, 11) is 0. The van der Waals surface area contributed by atoms with Gasteiger partial charge in [-0.2, -0.15) is 0 Å². The van der Waals surface area contributed by atoms with Crippen molar-refractivity contribution in [2.75, 3.05) is 6.54 Å². The average molecular weight is 430 g/mol. The van der Waals surface area contributed by atoms with Gasteiger partial charge in [0.2, 0.25) is 0 Å². The highest BCUT2D eigenvalue weighted by molar-refractivity contribution is 8.18. The van der Waals surface area contributed by atoms with Crippen LogP contribution >= 0.6 is 23.4 Å². The summed E-state index contributed by atoms with van der Waals surface area (Å²) in [5.74, 6) is -0.169. The van der Waals surface area contributed by atoms with Gasteiger partial charge in [-0.05, 0) is 61.5 Å². The highest BCUT2D eigenvalue weighted by Gasteiger charge is 2.36. The molecule has 1 fully saturated rings. The minimum Gasteiger partial charge on any atom is -0.490 e. The van der Waals surface area contributed by atoms with Crippen molar-refractivity contribution in [1.82, 2.24) is 4.90 Å².